The van der Waals surface area contributed by atoms with E-state index in [2.05, 4.69) is 25.8 Å². The van der Waals surface area contributed by atoms with E-state index in [1.54, 1.807) is 10.9 Å². The van der Waals surface area contributed by atoms with Gasteiger partial charge in [0.2, 0.25) is 10.0 Å². The molecule has 1 aromatic carbocycles. The van der Waals surface area contributed by atoms with Crippen LogP contribution >= 0.6 is 15.9 Å². The summed E-state index contributed by atoms with van der Waals surface area (Å²) < 4.78 is 30.3. The van der Waals surface area contributed by atoms with Gasteiger partial charge < -0.3 is 0 Å². The van der Waals surface area contributed by atoms with Crippen LogP contribution in [-0.2, 0) is 16.6 Å². The molecule has 0 saturated heterocycles. The van der Waals surface area contributed by atoms with Crippen LogP contribution in [0.25, 0.3) is 0 Å². The van der Waals surface area contributed by atoms with Crippen molar-refractivity contribution in [1.82, 2.24) is 14.5 Å². The molecule has 0 spiro atoms. The van der Waals surface area contributed by atoms with Gasteiger partial charge in [-0.15, -0.1) is 0 Å². The third kappa shape index (κ3) is 4.18. The predicted octanol–water partition coefficient (Wildman–Crippen LogP) is 2.94. The van der Waals surface area contributed by atoms with Crippen molar-refractivity contribution in [2.75, 3.05) is 6.54 Å². The molecule has 0 radical (unpaired) electrons. The minimum atomic E-state index is -3.48. The monoisotopic (exact) mass is 385 g/mol. The van der Waals surface area contributed by atoms with E-state index in [-0.39, 0.29) is 0 Å². The minimum Gasteiger partial charge on any atom is -0.272 e. The van der Waals surface area contributed by atoms with E-state index in [9.17, 15) is 8.42 Å². The van der Waals surface area contributed by atoms with Gasteiger partial charge in [-0.3, -0.25) is 4.68 Å². The van der Waals surface area contributed by atoms with Crippen LogP contribution in [0.2, 0.25) is 0 Å². The number of aryl methyl sites for hydroxylation is 4. The van der Waals surface area contributed by atoms with Gasteiger partial charge in [0.05, 0.1) is 15.6 Å². The number of halogens is 1. The van der Waals surface area contributed by atoms with Crippen LogP contribution in [0, 0.1) is 20.8 Å². The van der Waals surface area contributed by atoms with Crippen LogP contribution in [0.4, 0.5) is 0 Å². The number of hydrogen-bond acceptors (Lipinski definition) is 3. The topological polar surface area (TPSA) is 64.0 Å². The highest BCUT2D eigenvalue weighted by molar-refractivity contribution is 9.10. The Morgan fingerprint density at radius 1 is 1.23 bits per heavy atom. The fraction of sp³-hybridized carbons (Fsp3) is 0.400. The second-order valence-electron chi connectivity index (χ2n) is 5.40. The van der Waals surface area contributed by atoms with Gasteiger partial charge in [0, 0.05) is 19.3 Å². The quantitative estimate of drug-likeness (QED) is 0.777. The Morgan fingerprint density at radius 2 is 1.86 bits per heavy atom. The molecule has 0 fully saturated rings. The second-order valence-corrected chi connectivity index (χ2v) is 8.02. The summed E-state index contributed by atoms with van der Waals surface area (Å²) in [6.45, 7) is 6.67. The molecule has 0 atom stereocenters. The number of sulfonamides is 1. The first-order chi connectivity index (χ1) is 10.3. The van der Waals surface area contributed by atoms with Gasteiger partial charge in [0.25, 0.3) is 0 Å². The molecule has 0 bridgehead atoms. The molecule has 2 rings (SSSR count). The number of aromatic nitrogens is 2. The van der Waals surface area contributed by atoms with E-state index in [0.29, 0.717) is 24.4 Å². The Bertz CT molecular complexity index is 746. The van der Waals surface area contributed by atoms with Crippen LogP contribution in [0.1, 0.15) is 23.1 Å². The first-order valence-corrected chi connectivity index (χ1v) is 9.32. The smallest absolute Gasteiger partial charge is 0.241 e. The summed E-state index contributed by atoms with van der Waals surface area (Å²) in [5.74, 6) is 0. The molecule has 7 heteroatoms. The van der Waals surface area contributed by atoms with Crippen LogP contribution in [0.15, 0.2) is 33.9 Å². The molecule has 0 aliphatic carbocycles. The average molecular weight is 386 g/mol. The maximum atomic E-state index is 12.5. The zero-order chi connectivity index (χ0) is 16.3. The maximum Gasteiger partial charge on any atom is 0.241 e. The zero-order valence-electron chi connectivity index (χ0n) is 12.9. The van der Waals surface area contributed by atoms with Gasteiger partial charge in [0.15, 0.2) is 0 Å². The molecule has 1 aromatic heterocycles. The standard InChI is InChI=1S/C15H20BrN3O2S/c1-11-7-12(2)15(13(3)8-11)22(20,21)18-5-4-6-19-10-14(16)9-17-19/h7-10,18H,4-6H2,1-3H3. The number of nitrogens with one attached hydrogen (secondary N) is 1. The first-order valence-electron chi connectivity index (χ1n) is 7.05. The highest BCUT2D eigenvalue weighted by atomic mass is 79.9. The van der Waals surface area contributed by atoms with Gasteiger partial charge in [-0.1, -0.05) is 17.7 Å². The Balaban J connectivity index is 2.00. The molecule has 0 aliphatic heterocycles. The molecule has 5 nitrogen and oxygen atoms in total. The Labute approximate surface area is 139 Å². The van der Waals surface area contributed by atoms with Gasteiger partial charge in [-0.25, -0.2) is 13.1 Å². The van der Waals surface area contributed by atoms with Crippen molar-refractivity contribution in [3.8, 4) is 0 Å². The summed E-state index contributed by atoms with van der Waals surface area (Å²) in [7, 11) is -3.48. The van der Waals surface area contributed by atoms with Crippen LogP contribution in [0.5, 0.6) is 0 Å². The highest BCUT2D eigenvalue weighted by Gasteiger charge is 2.19. The number of benzene rings is 1. The number of nitrogens with zero attached hydrogens (tertiary/aromatic N) is 2. The van der Waals surface area contributed by atoms with Crippen LogP contribution < -0.4 is 4.72 Å². The molecule has 120 valence electrons. The third-order valence-electron chi connectivity index (χ3n) is 3.33. The molecule has 1 heterocycles. The summed E-state index contributed by atoms with van der Waals surface area (Å²) in [6, 6.07) is 3.78. The molecule has 0 aliphatic rings. The highest BCUT2D eigenvalue weighted by Crippen LogP contribution is 2.21. The molecule has 0 amide bonds. The lowest BCUT2D eigenvalue weighted by Crippen LogP contribution is -2.27. The van der Waals surface area contributed by atoms with Gasteiger partial charge in [-0.05, 0) is 54.2 Å². The van der Waals surface area contributed by atoms with Crippen molar-refractivity contribution in [2.24, 2.45) is 0 Å². The predicted molar refractivity (Wildman–Crippen MR) is 90.4 cm³/mol. The summed E-state index contributed by atoms with van der Waals surface area (Å²) in [5, 5.41) is 4.14. The molecular formula is C15H20BrN3O2S. The van der Waals surface area contributed by atoms with E-state index in [4.69, 9.17) is 0 Å². The van der Waals surface area contributed by atoms with E-state index in [1.165, 1.54) is 0 Å². The fourth-order valence-electron chi connectivity index (χ4n) is 2.57. The van der Waals surface area contributed by atoms with Gasteiger partial charge in [0.1, 0.15) is 0 Å². The summed E-state index contributed by atoms with van der Waals surface area (Å²) in [5.41, 5.74) is 2.63. The maximum absolute atomic E-state index is 12.5. The van der Waals surface area contributed by atoms with Crippen LogP contribution in [0.3, 0.4) is 0 Å². The molecule has 1 N–H and O–H groups in total. The van der Waals surface area contributed by atoms with Crippen molar-refractivity contribution in [3.63, 3.8) is 0 Å². The third-order valence-corrected chi connectivity index (χ3v) is 5.51. The molecule has 2 aromatic rings. The van der Waals surface area contributed by atoms with Crippen molar-refractivity contribution < 1.29 is 8.42 Å². The Morgan fingerprint density at radius 3 is 2.41 bits per heavy atom. The fourth-order valence-corrected chi connectivity index (χ4v) is 4.42. The van der Waals surface area contributed by atoms with E-state index in [1.807, 2.05) is 39.1 Å². The van der Waals surface area contributed by atoms with E-state index in [0.717, 1.165) is 21.2 Å². The summed E-state index contributed by atoms with van der Waals surface area (Å²) >= 11 is 3.33. The SMILES string of the molecule is Cc1cc(C)c(S(=O)(=O)NCCCn2cc(Br)cn2)c(C)c1. The van der Waals surface area contributed by atoms with Crippen molar-refractivity contribution >= 4 is 26.0 Å². The van der Waals surface area contributed by atoms with E-state index < -0.39 is 10.0 Å². The van der Waals surface area contributed by atoms with E-state index >= 15 is 0 Å². The lowest BCUT2D eigenvalue weighted by molar-refractivity contribution is 0.552. The van der Waals surface area contributed by atoms with Crippen molar-refractivity contribution in [2.45, 2.75) is 38.6 Å². The zero-order valence-corrected chi connectivity index (χ0v) is 15.3. The van der Waals surface area contributed by atoms with Crippen molar-refractivity contribution in [3.05, 3.63) is 45.7 Å². The van der Waals surface area contributed by atoms with Gasteiger partial charge in [-0.2, -0.15) is 5.10 Å². The average Bonchev–Trinajstić information content (AvgIpc) is 2.79. The Kier molecular flexibility index (Phi) is 5.41. The largest absolute Gasteiger partial charge is 0.272 e. The number of rotatable bonds is 6. The molecule has 22 heavy (non-hydrogen) atoms. The second kappa shape index (κ2) is 6.93. The lowest BCUT2D eigenvalue weighted by Gasteiger charge is -2.13. The first kappa shape index (κ1) is 17.2. The summed E-state index contributed by atoms with van der Waals surface area (Å²) in [4.78, 5) is 0.389. The van der Waals surface area contributed by atoms with Crippen LogP contribution in [-0.4, -0.2) is 24.7 Å². The number of hydrogen-bond donors (Lipinski definition) is 1. The lowest BCUT2D eigenvalue weighted by atomic mass is 10.1. The Hall–Kier alpha value is -1.18. The summed E-state index contributed by atoms with van der Waals surface area (Å²) in [6.07, 6.45) is 4.25. The van der Waals surface area contributed by atoms with Gasteiger partial charge >= 0.3 is 0 Å². The molecule has 0 saturated carbocycles. The van der Waals surface area contributed by atoms with Crippen molar-refractivity contribution in [1.29, 1.82) is 0 Å². The normalized spacial score (nSPS) is 11.8. The molecule has 0 unspecified atom stereocenters. The molecular weight excluding hydrogens is 366 g/mol. The minimum absolute atomic E-state index is 0.382.